The highest BCUT2D eigenvalue weighted by Crippen LogP contribution is 2.25. The molecule has 24 heavy (non-hydrogen) atoms. The number of aromatic nitrogens is 1. The van der Waals surface area contributed by atoms with Gasteiger partial charge >= 0.3 is 0 Å². The van der Waals surface area contributed by atoms with Gasteiger partial charge in [-0.05, 0) is 17.7 Å². The van der Waals surface area contributed by atoms with E-state index in [1.807, 2.05) is 30.3 Å². The van der Waals surface area contributed by atoms with Gasteiger partial charge in [-0.25, -0.2) is 4.98 Å². The highest BCUT2D eigenvalue weighted by atomic mass is 32.1. The van der Waals surface area contributed by atoms with Crippen LogP contribution in [0.25, 0.3) is 10.6 Å². The lowest BCUT2D eigenvalue weighted by Gasteiger charge is -2.02. The summed E-state index contributed by atoms with van der Waals surface area (Å²) in [5.41, 5.74) is 7.54. The normalized spacial score (nSPS) is 10.3. The minimum absolute atomic E-state index is 0.156. The molecular formula is C18H15N3O2S. The Morgan fingerprint density at radius 1 is 1.04 bits per heavy atom. The Kier molecular flexibility index (Phi) is 4.67. The fourth-order valence-corrected chi connectivity index (χ4v) is 2.99. The zero-order chi connectivity index (χ0) is 16.9. The van der Waals surface area contributed by atoms with Gasteiger partial charge in [0.25, 0.3) is 5.91 Å². The molecule has 2 amide bonds. The van der Waals surface area contributed by atoms with E-state index in [1.165, 1.54) is 11.3 Å². The van der Waals surface area contributed by atoms with Gasteiger partial charge < -0.3 is 11.1 Å². The third kappa shape index (κ3) is 3.67. The number of thiazole rings is 1. The highest BCUT2D eigenvalue weighted by molar-refractivity contribution is 7.16. The van der Waals surface area contributed by atoms with Crippen LogP contribution in [0.3, 0.4) is 0 Å². The zero-order valence-electron chi connectivity index (χ0n) is 12.7. The van der Waals surface area contributed by atoms with Crippen molar-refractivity contribution in [3.05, 3.63) is 76.8 Å². The van der Waals surface area contributed by atoms with Crippen LogP contribution < -0.4 is 11.1 Å². The topological polar surface area (TPSA) is 85.1 Å². The summed E-state index contributed by atoms with van der Waals surface area (Å²) in [5.74, 6) is -0.627. The molecule has 1 heterocycles. The Morgan fingerprint density at radius 3 is 2.42 bits per heavy atom. The Morgan fingerprint density at radius 2 is 1.75 bits per heavy atom. The van der Waals surface area contributed by atoms with Crippen molar-refractivity contribution in [2.75, 3.05) is 0 Å². The Balaban J connectivity index is 1.68. The van der Waals surface area contributed by atoms with E-state index in [2.05, 4.69) is 10.3 Å². The standard InChI is InChI=1S/C18H15N3O2S/c19-16(22)13-6-8-14(9-7-13)18-21-11-15(24-18)17(23)20-10-12-4-2-1-3-5-12/h1-9,11H,10H2,(H2,19,22)(H,20,23). The number of hydrogen-bond acceptors (Lipinski definition) is 4. The molecule has 0 fully saturated rings. The Labute approximate surface area is 143 Å². The van der Waals surface area contributed by atoms with Gasteiger partial charge in [0, 0.05) is 17.7 Å². The first kappa shape index (κ1) is 15.9. The number of nitrogens with one attached hydrogen (secondary N) is 1. The van der Waals surface area contributed by atoms with Crippen LogP contribution in [0.5, 0.6) is 0 Å². The minimum Gasteiger partial charge on any atom is -0.366 e. The molecule has 0 saturated heterocycles. The molecule has 0 unspecified atom stereocenters. The van der Waals surface area contributed by atoms with Crippen molar-refractivity contribution >= 4 is 23.2 Å². The third-order valence-corrected chi connectivity index (χ3v) is 4.49. The van der Waals surface area contributed by atoms with Gasteiger partial charge in [-0.3, -0.25) is 9.59 Å². The second kappa shape index (κ2) is 7.06. The van der Waals surface area contributed by atoms with Crippen LogP contribution in [-0.2, 0) is 6.54 Å². The number of rotatable bonds is 5. The van der Waals surface area contributed by atoms with E-state index in [0.717, 1.165) is 16.1 Å². The Hall–Kier alpha value is -2.99. The lowest BCUT2D eigenvalue weighted by molar-refractivity contribution is 0.0953. The van der Waals surface area contributed by atoms with E-state index < -0.39 is 5.91 Å². The summed E-state index contributed by atoms with van der Waals surface area (Å²) >= 11 is 1.30. The summed E-state index contributed by atoms with van der Waals surface area (Å²) in [7, 11) is 0. The molecule has 0 aliphatic heterocycles. The summed E-state index contributed by atoms with van der Waals surface area (Å²) in [6.07, 6.45) is 1.56. The number of carbonyl (C=O) groups is 2. The number of amides is 2. The average molecular weight is 337 g/mol. The van der Waals surface area contributed by atoms with Crippen LogP contribution in [-0.4, -0.2) is 16.8 Å². The van der Waals surface area contributed by atoms with Crippen molar-refractivity contribution in [3.8, 4) is 10.6 Å². The highest BCUT2D eigenvalue weighted by Gasteiger charge is 2.12. The number of nitrogens with zero attached hydrogens (tertiary/aromatic N) is 1. The maximum Gasteiger partial charge on any atom is 0.263 e. The molecule has 3 N–H and O–H groups in total. The van der Waals surface area contributed by atoms with Gasteiger partial charge in [-0.15, -0.1) is 11.3 Å². The van der Waals surface area contributed by atoms with Gasteiger partial charge in [-0.1, -0.05) is 42.5 Å². The maximum absolute atomic E-state index is 12.2. The van der Waals surface area contributed by atoms with E-state index in [1.54, 1.807) is 30.5 Å². The number of hydrogen-bond donors (Lipinski definition) is 2. The third-order valence-electron chi connectivity index (χ3n) is 3.44. The molecule has 0 saturated carbocycles. The minimum atomic E-state index is -0.471. The molecule has 0 radical (unpaired) electrons. The molecule has 120 valence electrons. The number of primary amides is 1. The first-order valence-corrected chi connectivity index (χ1v) is 8.13. The molecule has 0 atom stereocenters. The lowest BCUT2D eigenvalue weighted by atomic mass is 10.1. The molecule has 0 spiro atoms. The number of benzene rings is 2. The number of nitrogens with two attached hydrogens (primary N) is 1. The van der Waals surface area contributed by atoms with Crippen molar-refractivity contribution < 1.29 is 9.59 Å². The van der Waals surface area contributed by atoms with E-state index in [4.69, 9.17) is 5.73 Å². The molecular weight excluding hydrogens is 322 g/mol. The SMILES string of the molecule is NC(=O)c1ccc(-c2ncc(C(=O)NCc3ccccc3)s2)cc1. The molecule has 0 aliphatic carbocycles. The fraction of sp³-hybridized carbons (Fsp3) is 0.0556. The molecule has 0 bridgehead atoms. The van der Waals surface area contributed by atoms with Crippen LogP contribution in [0.1, 0.15) is 25.6 Å². The van der Waals surface area contributed by atoms with E-state index in [9.17, 15) is 9.59 Å². The first-order chi connectivity index (χ1) is 11.6. The van der Waals surface area contributed by atoms with Crippen molar-refractivity contribution in [1.82, 2.24) is 10.3 Å². The van der Waals surface area contributed by atoms with Crippen LogP contribution in [0.2, 0.25) is 0 Å². The van der Waals surface area contributed by atoms with Gasteiger partial charge in [0.2, 0.25) is 5.91 Å². The summed E-state index contributed by atoms with van der Waals surface area (Å²) in [6.45, 7) is 0.472. The van der Waals surface area contributed by atoms with Gasteiger partial charge in [-0.2, -0.15) is 0 Å². The largest absolute Gasteiger partial charge is 0.366 e. The smallest absolute Gasteiger partial charge is 0.263 e. The summed E-state index contributed by atoms with van der Waals surface area (Å²) < 4.78 is 0. The van der Waals surface area contributed by atoms with Crippen LogP contribution in [0.4, 0.5) is 0 Å². The fourth-order valence-electron chi connectivity index (χ4n) is 2.15. The summed E-state index contributed by atoms with van der Waals surface area (Å²) in [5, 5.41) is 3.59. The zero-order valence-corrected chi connectivity index (χ0v) is 13.5. The van der Waals surface area contributed by atoms with E-state index in [0.29, 0.717) is 17.0 Å². The van der Waals surface area contributed by atoms with Crippen LogP contribution in [0.15, 0.2) is 60.8 Å². The molecule has 3 aromatic rings. The van der Waals surface area contributed by atoms with Gasteiger partial charge in [0.05, 0.1) is 6.20 Å². The monoisotopic (exact) mass is 337 g/mol. The molecule has 1 aromatic heterocycles. The molecule has 3 rings (SSSR count). The lowest BCUT2D eigenvalue weighted by Crippen LogP contribution is -2.21. The van der Waals surface area contributed by atoms with Crippen molar-refractivity contribution in [2.45, 2.75) is 6.54 Å². The maximum atomic E-state index is 12.2. The van der Waals surface area contributed by atoms with Crippen molar-refractivity contribution in [2.24, 2.45) is 5.73 Å². The van der Waals surface area contributed by atoms with Gasteiger partial charge in [0.15, 0.2) is 0 Å². The Bertz CT molecular complexity index is 857. The second-order valence-electron chi connectivity index (χ2n) is 5.14. The second-order valence-corrected chi connectivity index (χ2v) is 6.17. The molecule has 5 nitrogen and oxygen atoms in total. The summed E-state index contributed by atoms with van der Waals surface area (Å²) in [6, 6.07) is 16.5. The van der Waals surface area contributed by atoms with E-state index in [-0.39, 0.29) is 5.91 Å². The van der Waals surface area contributed by atoms with Crippen molar-refractivity contribution in [1.29, 1.82) is 0 Å². The van der Waals surface area contributed by atoms with E-state index >= 15 is 0 Å². The average Bonchev–Trinajstić information content (AvgIpc) is 3.11. The van der Waals surface area contributed by atoms with Crippen LogP contribution in [0, 0.1) is 0 Å². The van der Waals surface area contributed by atoms with Crippen LogP contribution >= 0.6 is 11.3 Å². The first-order valence-electron chi connectivity index (χ1n) is 7.31. The molecule has 0 aliphatic rings. The molecule has 6 heteroatoms. The summed E-state index contributed by atoms with van der Waals surface area (Å²) in [4.78, 5) is 28.1. The number of carbonyl (C=O) groups excluding carboxylic acids is 2. The van der Waals surface area contributed by atoms with Gasteiger partial charge in [0.1, 0.15) is 9.88 Å². The molecule has 2 aromatic carbocycles. The predicted molar refractivity (Wildman–Crippen MR) is 93.7 cm³/mol. The predicted octanol–water partition coefficient (Wildman–Crippen LogP) is 2.84. The van der Waals surface area contributed by atoms with Crippen molar-refractivity contribution in [3.63, 3.8) is 0 Å². The quantitative estimate of drug-likeness (QED) is 0.751.